The van der Waals surface area contributed by atoms with Crippen LogP contribution in [0.5, 0.6) is 11.5 Å². The first-order chi connectivity index (χ1) is 13.5. The van der Waals surface area contributed by atoms with Crippen LogP contribution in [0.3, 0.4) is 0 Å². The number of rotatable bonds is 5. The van der Waals surface area contributed by atoms with Gasteiger partial charge in [0.15, 0.2) is 11.5 Å². The highest BCUT2D eigenvalue weighted by atomic mass is 32.1. The molecule has 0 spiro atoms. The molecule has 2 aliphatic rings. The lowest BCUT2D eigenvalue weighted by molar-refractivity contribution is -0.131. The maximum Gasteiger partial charge on any atom is 0.261 e. The molecule has 1 saturated heterocycles. The molecule has 1 aromatic carbocycles. The van der Waals surface area contributed by atoms with E-state index in [9.17, 15) is 9.59 Å². The lowest BCUT2D eigenvalue weighted by atomic mass is 10.1. The van der Waals surface area contributed by atoms with Gasteiger partial charge in [0.2, 0.25) is 12.7 Å². The fraction of sp³-hybridized carbons (Fsp3) is 0.429. The van der Waals surface area contributed by atoms with Crippen molar-refractivity contribution in [2.24, 2.45) is 0 Å². The van der Waals surface area contributed by atoms with Crippen molar-refractivity contribution in [3.63, 3.8) is 0 Å². The van der Waals surface area contributed by atoms with Crippen LogP contribution in [0.25, 0.3) is 0 Å². The van der Waals surface area contributed by atoms with Crippen LogP contribution >= 0.6 is 11.3 Å². The van der Waals surface area contributed by atoms with E-state index in [0.717, 1.165) is 35.6 Å². The number of benzene rings is 1. The van der Waals surface area contributed by atoms with E-state index < -0.39 is 0 Å². The molecule has 1 aromatic heterocycles. The molecule has 148 valence electrons. The second-order valence-corrected chi connectivity index (χ2v) is 8.56. The van der Waals surface area contributed by atoms with Gasteiger partial charge >= 0.3 is 0 Å². The van der Waals surface area contributed by atoms with Gasteiger partial charge in [-0.25, -0.2) is 0 Å². The Labute approximate surface area is 168 Å². The van der Waals surface area contributed by atoms with Crippen molar-refractivity contribution in [1.29, 1.82) is 0 Å². The minimum atomic E-state index is -0.0533. The third kappa shape index (κ3) is 3.85. The van der Waals surface area contributed by atoms with Crippen molar-refractivity contribution in [1.82, 2.24) is 10.2 Å². The molecule has 1 N–H and O–H groups in total. The average Bonchev–Trinajstić information content (AvgIpc) is 3.39. The van der Waals surface area contributed by atoms with Crippen LogP contribution in [-0.4, -0.2) is 36.1 Å². The summed E-state index contributed by atoms with van der Waals surface area (Å²) >= 11 is 1.48. The Morgan fingerprint density at radius 2 is 2.04 bits per heavy atom. The van der Waals surface area contributed by atoms with E-state index in [1.54, 1.807) is 0 Å². The summed E-state index contributed by atoms with van der Waals surface area (Å²) in [5, 5.41) is 2.92. The minimum Gasteiger partial charge on any atom is -0.454 e. The first kappa shape index (κ1) is 18.8. The van der Waals surface area contributed by atoms with Crippen molar-refractivity contribution in [3.05, 3.63) is 45.6 Å². The first-order valence-corrected chi connectivity index (χ1v) is 10.4. The van der Waals surface area contributed by atoms with E-state index in [2.05, 4.69) is 5.32 Å². The van der Waals surface area contributed by atoms with Crippen LogP contribution in [0, 0.1) is 0 Å². The number of fused-ring (bicyclic) bond motifs is 1. The molecule has 28 heavy (non-hydrogen) atoms. The maximum absolute atomic E-state index is 13.0. The summed E-state index contributed by atoms with van der Waals surface area (Å²) in [5.74, 6) is 1.47. The molecular formula is C21H24N2O4S. The molecule has 7 heteroatoms. The molecule has 2 aromatic rings. The van der Waals surface area contributed by atoms with E-state index in [4.69, 9.17) is 9.47 Å². The summed E-state index contributed by atoms with van der Waals surface area (Å²) in [7, 11) is 0. The van der Waals surface area contributed by atoms with Gasteiger partial charge in [-0.1, -0.05) is 6.07 Å². The number of nitrogens with one attached hydrogen (secondary N) is 1. The standard InChI is InChI=1S/C21H24N2O4S/c1-13(2)22-21(25)19-8-7-18(28-19)15-4-3-9-23(15)20(24)11-14-5-6-16-17(10-14)27-12-26-16/h5-8,10,13,15H,3-4,9,11-12H2,1-2H3,(H,22,25). The first-order valence-electron chi connectivity index (χ1n) is 9.60. The van der Waals surface area contributed by atoms with E-state index in [1.807, 2.05) is 49.1 Å². The summed E-state index contributed by atoms with van der Waals surface area (Å²) < 4.78 is 10.7. The average molecular weight is 401 g/mol. The Balaban J connectivity index is 1.45. The van der Waals surface area contributed by atoms with Crippen molar-refractivity contribution < 1.29 is 19.1 Å². The van der Waals surface area contributed by atoms with Gasteiger partial charge in [0.25, 0.3) is 5.91 Å². The number of carbonyl (C=O) groups excluding carboxylic acids is 2. The topological polar surface area (TPSA) is 67.9 Å². The van der Waals surface area contributed by atoms with Gasteiger partial charge in [0.1, 0.15) is 0 Å². The predicted octanol–water partition coefficient (Wildman–Crippen LogP) is 3.52. The molecule has 0 bridgehead atoms. The van der Waals surface area contributed by atoms with Crippen LogP contribution in [0.2, 0.25) is 0 Å². The van der Waals surface area contributed by atoms with E-state index >= 15 is 0 Å². The summed E-state index contributed by atoms with van der Waals surface area (Å²) in [6.07, 6.45) is 2.24. The highest BCUT2D eigenvalue weighted by Crippen LogP contribution is 2.37. The fourth-order valence-corrected chi connectivity index (χ4v) is 4.73. The summed E-state index contributed by atoms with van der Waals surface area (Å²) in [4.78, 5) is 28.9. The summed E-state index contributed by atoms with van der Waals surface area (Å²) in [6.45, 7) is 4.87. The van der Waals surface area contributed by atoms with E-state index in [0.29, 0.717) is 17.0 Å². The number of carbonyl (C=O) groups is 2. The lowest BCUT2D eigenvalue weighted by Crippen LogP contribution is -2.31. The molecule has 0 radical (unpaired) electrons. The monoisotopic (exact) mass is 400 g/mol. The zero-order valence-electron chi connectivity index (χ0n) is 16.1. The Morgan fingerprint density at radius 1 is 1.21 bits per heavy atom. The van der Waals surface area contributed by atoms with Crippen molar-refractivity contribution >= 4 is 23.2 Å². The van der Waals surface area contributed by atoms with E-state index in [1.165, 1.54) is 11.3 Å². The predicted molar refractivity (Wildman–Crippen MR) is 107 cm³/mol. The van der Waals surface area contributed by atoms with Gasteiger partial charge in [0.05, 0.1) is 17.3 Å². The van der Waals surface area contributed by atoms with Gasteiger partial charge in [-0.05, 0) is 56.5 Å². The number of nitrogens with zero attached hydrogens (tertiary/aromatic N) is 1. The molecule has 2 amide bonds. The Bertz CT molecular complexity index is 892. The van der Waals surface area contributed by atoms with Crippen molar-refractivity contribution in [2.75, 3.05) is 13.3 Å². The second-order valence-electron chi connectivity index (χ2n) is 7.44. The molecule has 0 saturated carbocycles. The largest absolute Gasteiger partial charge is 0.454 e. The molecule has 1 fully saturated rings. The van der Waals surface area contributed by atoms with Crippen LogP contribution in [0.4, 0.5) is 0 Å². The number of hydrogen-bond donors (Lipinski definition) is 1. The third-order valence-corrected chi connectivity index (χ3v) is 6.15. The highest BCUT2D eigenvalue weighted by molar-refractivity contribution is 7.14. The van der Waals surface area contributed by atoms with Gasteiger partial charge in [0, 0.05) is 17.5 Å². The van der Waals surface area contributed by atoms with Crippen LogP contribution in [-0.2, 0) is 11.2 Å². The van der Waals surface area contributed by atoms with Crippen LogP contribution < -0.4 is 14.8 Å². The smallest absolute Gasteiger partial charge is 0.261 e. The molecule has 4 rings (SSSR count). The molecule has 0 aliphatic carbocycles. The quantitative estimate of drug-likeness (QED) is 0.834. The number of ether oxygens (including phenoxy) is 2. The van der Waals surface area contributed by atoms with Crippen molar-refractivity contribution in [3.8, 4) is 11.5 Å². The number of hydrogen-bond acceptors (Lipinski definition) is 5. The SMILES string of the molecule is CC(C)NC(=O)c1ccc(C2CCCN2C(=O)Cc2ccc3c(c2)OCO3)s1. The third-order valence-electron chi connectivity index (χ3n) is 4.96. The zero-order chi connectivity index (χ0) is 19.7. The molecular weight excluding hydrogens is 376 g/mol. The number of likely N-dealkylation sites (tertiary alicyclic amines) is 1. The maximum atomic E-state index is 13.0. The zero-order valence-corrected chi connectivity index (χ0v) is 16.9. The normalized spacial score (nSPS) is 18.0. The van der Waals surface area contributed by atoms with Gasteiger partial charge in [-0.15, -0.1) is 11.3 Å². The van der Waals surface area contributed by atoms with Gasteiger partial charge < -0.3 is 19.7 Å². The fourth-order valence-electron chi connectivity index (χ4n) is 3.68. The molecule has 6 nitrogen and oxygen atoms in total. The lowest BCUT2D eigenvalue weighted by Gasteiger charge is -2.24. The number of amides is 2. The van der Waals surface area contributed by atoms with Crippen LogP contribution in [0.1, 0.15) is 52.8 Å². The Hall–Kier alpha value is -2.54. The molecule has 1 unspecified atom stereocenters. The van der Waals surface area contributed by atoms with Crippen molar-refractivity contribution in [2.45, 2.75) is 45.2 Å². The number of thiophene rings is 1. The minimum absolute atomic E-state index is 0.0483. The highest BCUT2D eigenvalue weighted by Gasteiger charge is 2.31. The Morgan fingerprint density at radius 3 is 2.86 bits per heavy atom. The molecule has 3 heterocycles. The van der Waals surface area contributed by atoms with E-state index in [-0.39, 0.29) is 30.7 Å². The Kier molecular flexibility index (Phi) is 5.26. The molecule has 2 aliphatic heterocycles. The molecule has 1 atom stereocenters. The van der Waals surface area contributed by atoms with Gasteiger partial charge in [-0.2, -0.15) is 0 Å². The summed E-state index contributed by atoms with van der Waals surface area (Å²) in [6, 6.07) is 9.63. The summed E-state index contributed by atoms with van der Waals surface area (Å²) in [5.41, 5.74) is 0.920. The second kappa shape index (κ2) is 7.83. The van der Waals surface area contributed by atoms with Crippen LogP contribution in [0.15, 0.2) is 30.3 Å². The van der Waals surface area contributed by atoms with Gasteiger partial charge in [-0.3, -0.25) is 9.59 Å².